The van der Waals surface area contributed by atoms with Gasteiger partial charge < -0.3 is 4.74 Å². The maximum absolute atomic E-state index is 10.2. The molecule has 0 unspecified atom stereocenters. The van der Waals surface area contributed by atoms with Gasteiger partial charge in [-0.25, -0.2) is 4.79 Å². The maximum Gasteiger partial charge on any atom is 0.423 e. The number of hydrogen-bond acceptors (Lipinski definition) is 2. The first kappa shape index (κ1) is 9.85. The fraction of sp³-hybridized carbons (Fsp3) is 0. The van der Waals surface area contributed by atoms with Crippen molar-refractivity contribution in [3.8, 4) is 5.75 Å². The Hall–Kier alpha value is -2.35. The lowest BCUT2D eigenvalue weighted by molar-refractivity contribution is 0.443. The molecular formula is C15H9O2. The lowest BCUT2D eigenvalue weighted by atomic mass is 10.0. The molecule has 0 aliphatic rings. The summed E-state index contributed by atoms with van der Waals surface area (Å²) in [4.78, 5) is 10.2. The second kappa shape index (κ2) is 3.91. The molecule has 0 aliphatic heterocycles. The second-order valence-corrected chi connectivity index (χ2v) is 3.86. The first-order chi connectivity index (χ1) is 8.38. The van der Waals surface area contributed by atoms with Crippen molar-refractivity contribution in [1.29, 1.82) is 0 Å². The molecule has 3 aromatic carbocycles. The Labute approximate surface area is 98.4 Å². The van der Waals surface area contributed by atoms with Crippen molar-refractivity contribution in [2.45, 2.75) is 0 Å². The number of ether oxygens (including phenoxy) is 1. The molecule has 0 amide bonds. The highest BCUT2D eigenvalue weighted by Gasteiger charge is 2.02. The molecule has 2 heteroatoms. The van der Waals surface area contributed by atoms with E-state index < -0.39 is 0 Å². The molecule has 0 aliphatic carbocycles. The predicted molar refractivity (Wildman–Crippen MR) is 67.8 cm³/mol. The monoisotopic (exact) mass is 221 g/mol. The molecule has 0 spiro atoms. The summed E-state index contributed by atoms with van der Waals surface area (Å²) >= 11 is 0. The molecule has 0 heterocycles. The topological polar surface area (TPSA) is 26.3 Å². The van der Waals surface area contributed by atoms with Gasteiger partial charge in [-0.05, 0) is 33.7 Å². The van der Waals surface area contributed by atoms with Crippen molar-refractivity contribution in [2.75, 3.05) is 0 Å². The third-order valence-corrected chi connectivity index (χ3v) is 2.88. The Morgan fingerprint density at radius 3 is 2.35 bits per heavy atom. The van der Waals surface area contributed by atoms with Crippen LogP contribution >= 0.6 is 0 Å². The average molecular weight is 221 g/mol. The van der Waals surface area contributed by atoms with Crippen LogP contribution in [-0.4, -0.2) is 6.47 Å². The maximum atomic E-state index is 10.2. The molecule has 3 aromatic rings. The number of hydrogen-bond donors (Lipinski definition) is 0. The Morgan fingerprint density at radius 2 is 1.53 bits per heavy atom. The molecule has 0 atom stereocenters. The van der Waals surface area contributed by atoms with Crippen LogP contribution < -0.4 is 4.74 Å². The molecule has 0 saturated carbocycles. The summed E-state index contributed by atoms with van der Waals surface area (Å²) in [6.45, 7) is 1.45. The lowest BCUT2D eigenvalue weighted by Crippen LogP contribution is -1.88. The van der Waals surface area contributed by atoms with Crippen LogP contribution in [0.4, 0.5) is 0 Å². The van der Waals surface area contributed by atoms with Gasteiger partial charge in [-0.2, -0.15) is 0 Å². The summed E-state index contributed by atoms with van der Waals surface area (Å²) in [5, 5.41) is 4.53. The van der Waals surface area contributed by atoms with E-state index in [0.717, 1.165) is 16.2 Å². The summed E-state index contributed by atoms with van der Waals surface area (Å²) in [5.41, 5.74) is 0. The molecule has 2 nitrogen and oxygen atoms in total. The summed E-state index contributed by atoms with van der Waals surface area (Å²) in [5.74, 6) is 0.517. The van der Waals surface area contributed by atoms with E-state index in [4.69, 9.17) is 4.74 Å². The minimum atomic E-state index is 0.517. The molecule has 3 rings (SSSR count). The Kier molecular flexibility index (Phi) is 2.26. The molecule has 0 saturated heterocycles. The quantitative estimate of drug-likeness (QED) is 0.619. The van der Waals surface area contributed by atoms with Crippen LogP contribution in [0.1, 0.15) is 0 Å². The molecule has 1 radical (unpaired) electrons. The molecule has 0 fully saturated rings. The van der Waals surface area contributed by atoms with Gasteiger partial charge in [0.2, 0.25) is 0 Å². The van der Waals surface area contributed by atoms with Crippen molar-refractivity contribution in [3.63, 3.8) is 0 Å². The number of rotatable bonds is 2. The van der Waals surface area contributed by atoms with E-state index in [2.05, 4.69) is 24.3 Å². The van der Waals surface area contributed by atoms with Crippen LogP contribution in [0.5, 0.6) is 5.75 Å². The van der Waals surface area contributed by atoms with Crippen molar-refractivity contribution in [1.82, 2.24) is 0 Å². The standard InChI is InChI=1S/C15H9O2/c16-10-17-13-8-7-12-6-5-11-3-1-2-4-14(11)15(12)9-13/h1-9H. The first-order valence-corrected chi connectivity index (χ1v) is 5.34. The molecule has 0 aromatic heterocycles. The summed E-state index contributed by atoms with van der Waals surface area (Å²) in [6.07, 6.45) is 0. The van der Waals surface area contributed by atoms with Gasteiger partial charge in [0, 0.05) is 0 Å². The van der Waals surface area contributed by atoms with Gasteiger partial charge in [0.05, 0.1) is 0 Å². The zero-order valence-corrected chi connectivity index (χ0v) is 9.01. The van der Waals surface area contributed by atoms with Crippen molar-refractivity contribution >= 4 is 28.0 Å². The van der Waals surface area contributed by atoms with Crippen LogP contribution in [0.25, 0.3) is 21.5 Å². The summed E-state index contributed by atoms with van der Waals surface area (Å²) in [7, 11) is 0. The van der Waals surface area contributed by atoms with Crippen LogP contribution in [0, 0.1) is 0 Å². The van der Waals surface area contributed by atoms with E-state index in [9.17, 15) is 4.79 Å². The van der Waals surface area contributed by atoms with Crippen LogP contribution in [-0.2, 0) is 4.79 Å². The van der Waals surface area contributed by atoms with Crippen molar-refractivity contribution < 1.29 is 9.53 Å². The van der Waals surface area contributed by atoms with Gasteiger partial charge in [-0.1, -0.05) is 42.5 Å². The molecular weight excluding hydrogens is 212 g/mol. The molecule has 17 heavy (non-hydrogen) atoms. The highest BCUT2D eigenvalue weighted by atomic mass is 16.5. The number of carbonyl (C=O) groups excluding carboxylic acids is 1. The summed E-state index contributed by atoms with van der Waals surface area (Å²) < 4.78 is 4.76. The normalized spacial score (nSPS) is 10.6. The first-order valence-electron chi connectivity index (χ1n) is 5.34. The van der Waals surface area contributed by atoms with Crippen molar-refractivity contribution in [3.05, 3.63) is 54.6 Å². The van der Waals surface area contributed by atoms with Crippen LogP contribution in [0.15, 0.2) is 54.6 Å². The smallest absolute Gasteiger partial charge is 0.418 e. The Bertz CT molecular complexity index is 701. The SMILES string of the molecule is O=[C]Oc1ccc2ccc3ccccc3c2c1. The third-order valence-electron chi connectivity index (χ3n) is 2.88. The fourth-order valence-corrected chi connectivity index (χ4v) is 2.09. The van der Waals surface area contributed by atoms with E-state index in [-0.39, 0.29) is 0 Å². The van der Waals surface area contributed by atoms with E-state index in [1.165, 1.54) is 11.9 Å². The van der Waals surface area contributed by atoms with E-state index >= 15 is 0 Å². The number of benzene rings is 3. The highest BCUT2D eigenvalue weighted by Crippen LogP contribution is 2.28. The summed E-state index contributed by atoms with van der Waals surface area (Å²) in [6, 6.07) is 17.9. The number of fused-ring (bicyclic) bond motifs is 3. The van der Waals surface area contributed by atoms with Gasteiger partial charge in [0.25, 0.3) is 0 Å². The second-order valence-electron chi connectivity index (χ2n) is 3.86. The largest absolute Gasteiger partial charge is 0.423 e. The van der Waals surface area contributed by atoms with Gasteiger partial charge in [-0.15, -0.1) is 0 Å². The average Bonchev–Trinajstić information content (AvgIpc) is 2.39. The fourth-order valence-electron chi connectivity index (χ4n) is 2.09. The zero-order chi connectivity index (χ0) is 11.7. The molecule has 0 bridgehead atoms. The Morgan fingerprint density at radius 1 is 0.824 bits per heavy atom. The van der Waals surface area contributed by atoms with Crippen LogP contribution in [0.3, 0.4) is 0 Å². The lowest BCUT2D eigenvalue weighted by Gasteiger charge is -2.05. The van der Waals surface area contributed by atoms with Gasteiger partial charge in [-0.3, -0.25) is 0 Å². The minimum Gasteiger partial charge on any atom is -0.418 e. The predicted octanol–water partition coefficient (Wildman–Crippen LogP) is 3.44. The zero-order valence-electron chi connectivity index (χ0n) is 9.01. The highest BCUT2D eigenvalue weighted by molar-refractivity contribution is 6.07. The third kappa shape index (κ3) is 1.64. The minimum absolute atomic E-state index is 0.517. The van der Waals surface area contributed by atoms with Crippen LogP contribution in [0.2, 0.25) is 0 Å². The van der Waals surface area contributed by atoms with E-state index in [0.29, 0.717) is 5.75 Å². The van der Waals surface area contributed by atoms with Gasteiger partial charge in [0.15, 0.2) is 0 Å². The van der Waals surface area contributed by atoms with E-state index in [1.807, 2.05) is 24.3 Å². The van der Waals surface area contributed by atoms with Crippen molar-refractivity contribution in [2.24, 2.45) is 0 Å². The van der Waals surface area contributed by atoms with Gasteiger partial charge in [0.1, 0.15) is 5.75 Å². The van der Waals surface area contributed by atoms with E-state index in [1.54, 1.807) is 6.07 Å². The van der Waals surface area contributed by atoms with Gasteiger partial charge >= 0.3 is 6.47 Å². The Balaban J connectivity index is 2.38. The molecule has 81 valence electrons. The molecule has 0 N–H and O–H groups in total.